The van der Waals surface area contributed by atoms with Crippen LogP contribution >= 0.6 is 9.03 Å². The van der Waals surface area contributed by atoms with Crippen molar-refractivity contribution in [1.82, 2.24) is 0 Å². The van der Waals surface area contributed by atoms with Gasteiger partial charge in [0.1, 0.15) is 6.61 Å². The molecule has 0 aliphatic rings. The first-order valence-corrected chi connectivity index (χ1v) is 10.6. The molecule has 3 N–H and O–H groups in total. The highest BCUT2D eigenvalue weighted by Gasteiger charge is 1.94. The number of unbranched alkanes of at least 4 members (excludes halogenated alkanes) is 10. The van der Waals surface area contributed by atoms with E-state index in [9.17, 15) is 0 Å². The molecule has 0 aliphatic heterocycles. The van der Waals surface area contributed by atoms with Crippen LogP contribution in [0.15, 0.2) is 0 Å². The predicted octanol–water partition coefficient (Wildman–Crippen LogP) is 4.49. The zero-order valence-corrected chi connectivity index (χ0v) is 16.5. The van der Waals surface area contributed by atoms with E-state index in [1.165, 1.54) is 70.6 Å². The summed E-state index contributed by atoms with van der Waals surface area (Å²) in [6.07, 6.45) is 16.2. The summed E-state index contributed by atoms with van der Waals surface area (Å²) in [5.41, 5.74) is 3.71. The minimum Gasteiger partial charge on any atom is -0.381 e. The maximum atomic E-state index is 5.62. The van der Waals surface area contributed by atoms with Gasteiger partial charge >= 0.3 is 0 Å². The molecule has 0 aromatic rings. The number of hydrogen-bond acceptors (Lipinski definition) is 3. The first-order valence-electron chi connectivity index (χ1n) is 9.77. The van der Waals surface area contributed by atoms with Gasteiger partial charge < -0.3 is 19.5 Å². The smallest absolute Gasteiger partial charge is 0.155 e. The molecule has 0 rings (SSSR count). The zero-order chi connectivity index (χ0) is 16.8. The number of ether oxygens (including phenoxy) is 1. The third-order valence-corrected chi connectivity index (χ3v) is 4.44. The second-order valence-electron chi connectivity index (χ2n) is 6.14. The number of quaternary nitrogens is 1. The van der Waals surface area contributed by atoms with Gasteiger partial charge in [0.05, 0.1) is 13.2 Å². The van der Waals surface area contributed by atoms with Crippen LogP contribution in [0.25, 0.3) is 0 Å². The molecule has 0 bridgehead atoms. The van der Waals surface area contributed by atoms with Crippen LogP contribution in [0.2, 0.25) is 0 Å². The summed E-state index contributed by atoms with van der Waals surface area (Å²) in [6.45, 7) is 6.20. The molecular weight excluding hydrogens is 309 g/mol. The molecule has 0 radical (unpaired) electrons. The average Bonchev–Trinajstić information content (AvgIpc) is 2.57. The molecule has 0 aromatic carbocycles. The number of rotatable bonds is 20. The fourth-order valence-electron chi connectivity index (χ4n) is 2.40. The molecule has 0 fully saturated rings. The second-order valence-corrected chi connectivity index (χ2v) is 6.88. The lowest BCUT2D eigenvalue weighted by Gasteiger charge is -2.05. The van der Waals surface area contributed by atoms with E-state index in [1.807, 2.05) is 0 Å². The number of hydrogen-bond donors (Lipinski definition) is 1. The predicted molar refractivity (Wildman–Crippen MR) is 99.9 cm³/mol. The maximum absolute atomic E-state index is 5.62. The van der Waals surface area contributed by atoms with Gasteiger partial charge in [0.15, 0.2) is 9.03 Å². The molecule has 5 heteroatoms. The largest absolute Gasteiger partial charge is 0.381 e. The van der Waals surface area contributed by atoms with Gasteiger partial charge in [0.2, 0.25) is 0 Å². The van der Waals surface area contributed by atoms with Crippen LogP contribution in [-0.2, 0) is 13.8 Å². The summed E-state index contributed by atoms with van der Waals surface area (Å²) in [5.74, 6) is 0. The van der Waals surface area contributed by atoms with Crippen molar-refractivity contribution in [2.24, 2.45) is 0 Å². The molecule has 0 aliphatic carbocycles. The Bertz CT molecular complexity index is 189. The van der Waals surface area contributed by atoms with Crippen LogP contribution in [0.3, 0.4) is 0 Å². The van der Waals surface area contributed by atoms with E-state index in [4.69, 9.17) is 13.8 Å². The third kappa shape index (κ3) is 22.3. The second kappa shape index (κ2) is 22.3. The highest BCUT2D eigenvalue weighted by atomic mass is 31.1. The van der Waals surface area contributed by atoms with Crippen molar-refractivity contribution in [2.45, 2.75) is 84.0 Å². The molecule has 0 amide bonds. The Hall–Kier alpha value is 0.270. The molecule has 23 heavy (non-hydrogen) atoms. The Balaban J connectivity index is 2.92. The van der Waals surface area contributed by atoms with E-state index in [0.29, 0.717) is 6.61 Å². The Labute approximate surface area is 146 Å². The van der Waals surface area contributed by atoms with Gasteiger partial charge in [-0.15, -0.1) is 0 Å². The summed E-state index contributed by atoms with van der Waals surface area (Å²) in [6, 6.07) is 0. The topological polar surface area (TPSA) is 55.3 Å². The molecule has 0 aromatic heterocycles. The van der Waals surface area contributed by atoms with Crippen molar-refractivity contribution >= 4 is 9.03 Å². The van der Waals surface area contributed by atoms with Crippen LogP contribution in [0, 0.1) is 0 Å². The molecule has 140 valence electrons. The van der Waals surface area contributed by atoms with Gasteiger partial charge in [-0.3, -0.25) is 0 Å². The normalized spacial score (nSPS) is 11.7. The Kier molecular flexibility index (Phi) is 22.5. The van der Waals surface area contributed by atoms with Crippen molar-refractivity contribution in [3.63, 3.8) is 0 Å². The van der Waals surface area contributed by atoms with Crippen LogP contribution in [0.1, 0.15) is 84.0 Å². The fraction of sp³-hybridized carbons (Fsp3) is 1.00. The van der Waals surface area contributed by atoms with Gasteiger partial charge in [-0.1, -0.05) is 71.1 Å². The van der Waals surface area contributed by atoms with Crippen molar-refractivity contribution in [3.05, 3.63) is 0 Å². The summed E-state index contributed by atoms with van der Waals surface area (Å²) in [5, 5.41) is 0. The van der Waals surface area contributed by atoms with Gasteiger partial charge in [-0.05, 0) is 12.8 Å². The quantitative estimate of drug-likeness (QED) is 0.260. The lowest BCUT2D eigenvalue weighted by Crippen LogP contribution is -2.52. The summed E-state index contributed by atoms with van der Waals surface area (Å²) >= 11 is 0. The standard InChI is InChI=1S/C18H40NO3P/c1-2-3-4-5-6-7-8-9-10-11-12-15-20-16-13-17-21-23-22-18-14-19/h23H,2-19H2,1H3/p+1. The summed E-state index contributed by atoms with van der Waals surface area (Å²) < 4.78 is 16.2. The first-order chi connectivity index (χ1) is 11.4. The van der Waals surface area contributed by atoms with Gasteiger partial charge in [-0.25, -0.2) is 0 Å². The average molecular weight is 351 g/mol. The fourth-order valence-corrected chi connectivity index (χ4v) is 2.94. The van der Waals surface area contributed by atoms with Crippen molar-refractivity contribution in [1.29, 1.82) is 0 Å². The summed E-state index contributed by atoms with van der Waals surface area (Å²) in [4.78, 5) is 0. The first kappa shape index (κ1) is 23.3. The Morgan fingerprint density at radius 3 is 1.74 bits per heavy atom. The highest BCUT2D eigenvalue weighted by molar-refractivity contribution is 7.26. The third-order valence-electron chi connectivity index (χ3n) is 3.79. The van der Waals surface area contributed by atoms with Crippen LogP contribution in [-0.4, -0.2) is 33.0 Å². The van der Waals surface area contributed by atoms with E-state index in [2.05, 4.69) is 12.7 Å². The van der Waals surface area contributed by atoms with Gasteiger partial charge in [0, 0.05) is 13.2 Å². The molecular formula is C18H41NO3P+. The van der Waals surface area contributed by atoms with E-state index in [0.717, 1.165) is 32.8 Å². The van der Waals surface area contributed by atoms with E-state index in [-0.39, 0.29) is 9.03 Å². The van der Waals surface area contributed by atoms with Gasteiger partial charge in [-0.2, -0.15) is 0 Å². The van der Waals surface area contributed by atoms with Crippen molar-refractivity contribution < 1.29 is 19.5 Å². The van der Waals surface area contributed by atoms with Crippen LogP contribution in [0.4, 0.5) is 0 Å². The Morgan fingerprint density at radius 2 is 1.13 bits per heavy atom. The highest BCUT2D eigenvalue weighted by Crippen LogP contribution is 2.13. The maximum Gasteiger partial charge on any atom is 0.155 e. The molecule has 0 saturated carbocycles. The molecule has 1 unspecified atom stereocenters. The molecule has 4 nitrogen and oxygen atoms in total. The van der Waals surface area contributed by atoms with Crippen LogP contribution in [0.5, 0.6) is 0 Å². The summed E-state index contributed by atoms with van der Waals surface area (Å²) in [7, 11) is 0.154. The van der Waals surface area contributed by atoms with Crippen molar-refractivity contribution in [2.75, 3.05) is 33.0 Å². The minimum absolute atomic E-state index is 0.154. The molecule has 1 atom stereocenters. The molecule has 0 spiro atoms. The minimum atomic E-state index is 0.154. The van der Waals surface area contributed by atoms with E-state index >= 15 is 0 Å². The van der Waals surface area contributed by atoms with Crippen molar-refractivity contribution in [3.8, 4) is 0 Å². The zero-order valence-electron chi connectivity index (χ0n) is 15.5. The van der Waals surface area contributed by atoms with E-state index < -0.39 is 0 Å². The Morgan fingerprint density at radius 1 is 0.609 bits per heavy atom. The lowest BCUT2D eigenvalue weighted by atomic mass is 10.1. The van der Waals surface area contributed by atoms with Crippen LogP contribution < -0.4 is 5.73 Å². The molecule has 0 saturated heterocycles. The SMILES string of the molecule is CCCCCCCCCCCCCOCCCOPOCC[NH3+]. The van der Waals surface area contributed by atoms with Gasteiger partial charge in [0.25, 0.3) is 0 Å². The van der Waals surface area contributed by atoms with E-state index in [1.54, 1.807) is 0 Å². The monoisotopic (exact) mass is 350 g/mol. The molecule has 0 heterocycles. The lowest BCUT2D eigenvalue weighted by molar-refractivity contribution is -0.370.